The van der Waals surface area contributed by atoms with Crippen LogP contribution >= 0.6 is 7.82 Å². The van der Waals surface area contributed by atoms with E-state index in [1.165, 1.54) is 186 Å². The highest BCUT2D eigenvalue weighted by Crippen LogP contribution is 2.38. The number of phosphoric ester groups is 1. The lowest BCUT2D eigenvalue weighted by molar-refractivity contribution is -0.870. The third-order valence-electron chi connectivity index (χ3n) is 13.6. The van der Waals surface area contributed by atoms with Crippen molar-refractivity contribution < 1.29 is 42.1 Å². The fourth-order valence-corrected chi connectivity index (χ4v) is 9.53. The van der Waals surface area contributed by atoms with E-state index in [0.717, 1.165) is 64.2 Å². The molecule has 74 heavy (non-hydrogen) atoms. The van der Waals surface area contributed by atoms with Crippen LogP contribution in [-0.4, -0.2) is 70.0 Å². The molecule has 0 aromatic rings. The second-order valence-electron chi connectivity index (χ2n) is 22.0. The van der Waals surface area contributed by atoms with Crippen LogP contribution in [0.5, 0.6) is 0 Å². The minimum atomic E-state index is -4.63. The Morgan fingerprint density at radius 1 is 0.432 bits per heavy atom. The normalized spacial score (nSPS) is 13.6. The maximum absolute atomic E-state index is 12.8. The van der Waals surface area contributed by atoms with Crippen LogP contribution in [0.3, 0.4) is 0 Å². The van der Waals surface area contributed by atoms with E-state index < -0.39 is 26.5 Å². The molecule has 0 aromatic heterocycles. The van der Waals surface area contributed by atoms with E-state index >= 15 is 0 Å². The topological polar surface area (TPSA) is 111 Å². The molecule has 432 valence electrons. The van der Waals surface area contributed by atoms with Gasteiger partial charge in [-0.1, -0.05) is 274 Å². The summed E-state index contributed by atoms with van der Waals surface area (Å²) in [6, 6.07) is 0. The standard InChI is InChI=1S/C64H118NO8P/c1-6-8-10-12-14-16-18-20-21-22-23-24-25-26-27-28-29-30-31-32-33-34-35-36-37-38-39-40-41-42-43-45-47-49-51-53-55-57-64(67)73-62(61-72-74(68,69)71-59-58-65(3,4)5)60-70-63(66)56-54-52-50-48-46-44-19-17-15-13-11-9-7-2/h8,10,14,16,20-21,23-24,26-27,62H,6-7,9,11-13,15,17-19,22,25,28-61H2,1-5H3/b10-8-,16-14-,21-20-,24-23-,27-26-. The summed E-state index contributed by atoms with van der Waals surface area (Å²) in [5.74, 6) is -0.820. The van der Waals surface area contributed by atoms with Crippen LogP contribution in [0.15, 0.2) is 60.8 Å². The van der Waals surface area contributed by atoms with Crippen molar-refractivity contribution in [2.24, 2.45) is 0 Å². The van der Waals surface area contributed by atoms with Gasteiger partial charge in [-0.15, -0.1) is 0 Å². The van der Waals surface area contributed by atoms with Crippen LogP contribution in [0.25, 0.3) is 0 Å². The molecule has 0 radical (unpaired) electrons. The molecule has 0 N–H and O–H groups in total. The quantitative estimate of drug-likeness (QED) is 0.0195. The Bertz CT molecular complexity index is 1430. The molecule has 0 saturated heterocycles. The predicted octanol–water partition coefficient (Wildman–Crippen LogP) is 18.9. The van der Waals surface area contributed by atoms with Crippen LogP contribution in [0.4, 0.5) is 0 Å². The van der Waals surface area contributed by atoms with Crippen LogP contribution in [0.1, 0.15) is 284 Å². The van der Waals surface area contributed by atoms with Crippen LogP contribution in [0.2, 0.25) is 0 Å². The second-order valence-corrected chi connectivity index (χ2v) is 23.5. The minimum Gasteiger partial charge on any atom is -0.756 e. The Labute approximate surface area is 457 Å². The van der Waals surface area contributed by atoms with Gasteiger partial charge in [-0.2, -0.15) is 0 Å². The van der Waals surface area contributed by atoms with Gasteiger partial charge in [0.2, 0.25) is 0 Å². The summed E-state index contributed by atoms with van der Waals surface area (Å²) in [5, 5.41) is 0. The van der Waals surface area contributed by atoms with Gasteiger partial charge in [-0.3, -0.25) is 14.2 Å². The van der Waals surface area contributed by atoms with E-state index in [4.69, 9.17) is 18.5 Å². The Morgan fingerprint density at radius 3 is 1.15 bits per heavy atom. The highest BCUT2D eigenvalue weighted by molar-refractivity contribution is 7.45. The predicted molar refractivity (Wildman–Crippen MR) is 314 cm³/mol. The summed E-state index contributed by atoms with van der Waals surface area (Å²) in [4.78, 5) is 37.8. The van der Waals surface area contributed by atoms with E-state index in [1.807, 2.05) is 21.1 Å². The average Bonchev–Trinajstić information content (AvgIpc) is 3.36. The molecule has 10 heteroatoms. The molecule has 0 spiro atoms. The highest BCUT2D eigenvalue weighted by Gasteiger charge is 2.22. The molecule has 9 nitrogen and oxygen atoms in total. The number of nitrogens with zero attached hydrogens (tertiary/aromatic N) is 1. The highest BCUT2D eigenvalue weighted by atomic mass is 31.2. The summed E-state index contributed by atoms with van der Waals surface area (Å²) < 4.78 is 34.1. The van der Waals surface area contributed by atoms with Crippen molar-refractivity contribution in [2.45, 2.75) is 290 Å². The van der Waals surface area contributed by atoms with Gasteiger partial charge < -0.3 is 27.9 Å². The molecule has 0 amide bonds. The minimum absolute atomic E-state index is 0.0287. The Balaban J connectivity index is 3.93. The lowest BCUT2D eigenvalue weighted by atomic mass is 10.0. The number of likely N-dealkylation sites (N-methyl/N-ethyl adjacent to an activating group) is 1. The largest absolute Gasteiger partial charge is 0.756 e. The zero-order valence-electron chi connectivity index (χ0n) is 49.0. The molecule has 2 unspecified atom stereocenters. The molecule has 0 aliphatic heterocycles. The summed E-state index contributed by atoms with van der Waals surface area (Å²) in [6.45, 7) is 4.15. The average molecular weight is 1060 g/mol. The summed E-state index contributed by atoms with van der Waals surface area (Å²) in [5.41, 5.74) is 0. The van der Waals surface area contributed by atoms with E-state index in [-0.39, 0.29) is 32.0 Å². The molecule has 0 bridgehead atoms. The van der Waals surface area contributed by atoms with Gasteiger partial charge >= 0.3 is 11.9 Å². The van der Waals surface area contributed by atoms with Crippen molar-refractivity contribution in [2.75, 3.05) is 47.5 Å². The van der Waals surface area contributed by atoms with Gasteiger partial charge in [0.1, 0.15) is 19.8 Å². The van der Waals surface area contributed by atoms with Gasteiger partial charge in [0, 0.05) is 12.8 Å². The van der Waals surface area contributed by atoms with Crippen molar-refractivity contribution in [1.29, 1.82) is 0 Å². The number of carbonyl (C=O) groups excluding carboxylic acids is 2. The maximum Gasteiger partial charge on any atom is 0.306 e. The molecule has 2 atom stereocenters. The number of ether oxygens (including phenoxy) is 2. The third kappa shape index (κ3) is 59.0. The van der Waals surface area contributed by atoms with Crippen molar-refractivity contribution in [3.8, 4) is 0 Å². The van der Waals surface area contributed by atoms with Crippen molar-refractivity contribution in [3.05, 3.63) is 60.8 Å². The molecule has 0 saturated carbocycles. The smallest absolute Gasteiger partial charge is 0.306 e. The van der Waals surface area contributed by atoms with Gasteiger partial charge in [0.05, 0.1) is 27.7 Å². The number of hydrogen-bond acceptors (Lipinski definition) is 8. The lowest BCUT2D eigenvalue weighted by Crippen LogP contribution is -2.37. The second kappa shape index (κ2) is 55.5. The first-order valence-corrected chi connectivity index (χ1v) is 32.5. The molecule has 0 aliphatic rings. The maximum atomic E-state index is 12.8. The van der Waals surface area contributed by atoms with Crippen LogP contribution in [0, 0.1) is 0 Å². The van der Waals surface area contributed by atoms with Crippen LogP contribution < -0.4 is 4.89 Å². The molecular weight excluding hydrogens is 942 g/mol. The number of phosphoric acid groups is 1. The zero-order chi connectivity index (χ0) is 54.2. The number of unbranched alkanes of at least 4 members (excludes halogenated alkanes) is 33. The van der Waals surface area contributed by atoms with Crippen LogP contribution in [-0.2, 0) is 32.7 Å². The van der Waals surface area contributed by atoms with Crippen molar-refractivity contribution >= 4 is 19.8 Å². The third-order valence-corrected chi connectivity index (χ3v) is 14.5. The summed E-state index contributed by atoms with van der Waals surface area (Å²) >= 11 is 0. The van der Waals surface area contributed by atoms with Gasteiger partial charge in [0.25, 0.3) is 7.82 Å². The fourth-order valence-electron chi connectivity index (χ4n) is 8.80. The van der Waals surface area contributed by atoms with E-state index in [9.17, 15) is 19.0 Å². The fraction of sp³-hybridized carbons (Fsp3) is 0.812. The molecule has 0 aliphatic carbocycles. The van der Waals surface area contributed by atoms with E-state index in [1.54, 1.807) is 0 Å². The summed E-state index contributed by atoms with van der Waals surface area (Å²) in [7, 11) is 1.18. The molecule has 0 aromatic carbocycles. The zero-order valence-corrected chi connectivity index (χ0v) is 49.9. The SMILES string of the molecule is CC/C=C\C/C=C\C/C=C\C/C=C\C/C=C\CCCCCCCCCCCCCCCCCCCCCCCC(=O)OC(COC(=O)CCCCCCCCCCCCCCC)COP(=O)([O-])OCC[N+](C)(C)C. The Kier molecular flexibility index (Phi) is 53.7. The Morgan fingerprint density at radius 2 is 0.770 bits per heavy atom. The van der Waals surface area contributed by atoms with Crippen molar-refractivity contribution in [3.63, 3.8) is 0 Å². The Hall–Kier alpha value is -2.29. The van der Waals surface area contributed by atoms with Gasteiger partial charge in [-0.25, -0.2) is 0 Å². The number of esters is 2. The number of hydrogen-bond donors (Lipinski definition) is 0. The first kappa shape index (κ1) is 71.7. The number of rotatable bonds is 57. The molecule has 0 rings (SSSR count). The van der Waals surface area contributed by atoms with E-state index in [2.05, 4.69) is 74.6 Å². The monoisotopic (exact) mass is 1060 g/mol. The van der Waals surface area contributed by atoms with Crippen molar-refractivity contribution in [1.82, 2.24) is 0 Å². The number of allylic oxidation sites excluding steroid dienone is 10. The van der Waals surface area contributed by atoms with Gasteiger partial charge in [-0.05, 0) is 57.8 Å². The lowest BCUT2D eigenvalue weighted by Gasteiger charge is -2.28. The molecular formula is C64H118NO8P. The number of carbonyl (C=O) groups is 2. The first-order chi connectivity index (χ1) is 36.0. The molecule has 0 heterocycles. The molecule has 0 fully saturated rings. The first-order valence-electron chi connectivity index (χ1n) is 31.0. The summed E-state index contributed by atoms with van der Waals surface area (Å²) in [6.07, 6.45) is 71.5. The van der Waals surface area contributed by atoms with E-state index in [0.29, 0.717) is 17.4 Å². The van der Waals surface area contributed by atoms with Gasteiger partial charge in [0.15, 0.2) is 6.10 Å². The number of quaternary nitrogens is 1.